The number of aryl methyl sites for hydroxylation is 1. The lowest BCUT2D eigenvalue weighted by Gasteiger charge is -2.14. The van der Waals surface area contributed by atoms with Crippen LogP contribution in [0.4, 0.5) is 17.1 Å². The molecule has 0 radical (unpaired) electrons. The van der Waals surface area contributed by atoms with E-state index >= 15 is 0 Å². The van der Waals surface area contributed by atoms with Crippen LogP contribution in [-0.4, -0.2) is 6.61 Å². The van der Waals surface area contributed by atoms with Gasteiger partial charge in [-0.05, 0) is 49.7 Å². The van der Waals surface area contributed by atoms with Crippen LogP contribution in [0.25, 0.3) is 0 Å². The molecule has 0 aromatic heterocycles. The van der Waals surface area contributed by atoms with Gasteiger partial charge in [0.2, 0.25) is 0 Å². The van der Waals surface area contributed by atoms with E-state index in [0.29, 0.717) is 6.61 Å². The molecule has 3 heteroatoms. The van der Waals surface area contributed by atoms with E-state index in [-0.39, 0.29) is 0 Å². The first-order valence-electron chi connectivity index (χ1n) is 6.05. The zero-order valence-corrected chi connectivity index (χ0v) is 10.7. The van der Waals surface area contributed by atoms with Gasteiger partial charge in [-0.15, -0.1) is 0 Å². The number of hydrogen-bond acceptors (Lipinski definition) is 3. The van der Waals surface area contributed by atoms with E-state index in [1.165, 1.54) is 0 Å². The van der Waals surface area contributed by atoms with E-state index < -0.39 is 0 Å². The van der Waals surface area contributed by atoms with Crippen LogP contribution >= 0.6 is 0 Å². The predicted molar refractivity (Wildman–Crippen MR) is 76.5 cm³/mol. The van der Waals surface area contributed by atoms with Gasteiger partial charge in [0.05, 0.1) is 12.3 Å². The third kappa shape index (κ3) is 2.74. The maximum Gasteiger partial charge on any atom is 0.142 e. The van der Waals surface area contributed by atoms with E-state index in [0.717, 1.165) is 28.4 Å². The lowest BCUT2D eigenvalue weighted by molar-refractivity contribution is 0.342. The summed E-state index contributed by atoms with van der Waals surface area (Å²) < 4.78 is 5.59. The van der Waals surface area contributed by atoms with Gasteiger partial charge >= 0.3 is 0 Å². The van der Waals surface area contributed by atoms with Gasteiger partial charge in [0.15, 0.2) is 0 Å². The molecular weight excluding hydrogens is 224 g/mol. The Kier molecular flexibility index (Phi) is 3.72. The Labute approximate surface area is 108 Å². The van der Waals surface area contributed by atoms with Gasteiger partial charge in [-0.1, -0.05) is 12.1 Å². The highest BCUT2D eigenvalue weighted by atomic mass is 16.5. The number of rotatable bonds is 4. The number of hydrogen-bond donors (Lipinski definition) is 2. The van der Waals surface area contributed by atoms with Crippen LogP contribution in [0, 0.1) is 6.92 Å². The lowest BCUT2D eigenvalue weighted by Crippen LogP contribution is -1.99. The van der Waals surface area contributed by atoms with Gasteiger partial charge in [-0.3, -0.25) is 0 Å². The van der Waals surface area contributed by atoms with Crippen molar-refractivity contribution in [2.24, 2.45) is 0 Å². The molecule has 3 nitrogen and oxygen atoms in total. The summed E-state index contributed by atoms with van der Waals surface area (Å²) in [4.78, 5) is 0. The van der Waals surface area contributed by atoms with Gasteiger partial charge in [0, 0.05) is 11.4 Å². The Bertz CT molecular complexity index is 538. The standard InChI is InChI=1S/C15H18N2O/c1-3-18-15-7-5-4-6-14(15)17-13-9-8-12(16)10-11(13)2/h4-10,17H,3,16H2,1-2H3. The molecule has 0 unspecified atom stereocenters. The molecule has 0 heterocycles. The molecule has 2 rings (SSSR count). The average molecular weight is 242 g/mol. The highest BCUT2D eigenvalue weighted by molar-refractivity contribution is 5.69. The van der Waals surface area contributed by atoms with Gasteiger partial charge in [0.1, 0.15) is 5.75 Å². The molecule has 2 aromatic rings. The molecule has 18 heavy (non-hydrogen) atoms. The summed E-state index contributed by atoms with van der Waals surface area (Å²) in [5.41, 5.74) is 9.64. The minimum absolute atomic E-state index is 0.652. The number of para-hydroxylation sites is 2. The normalized spacial score (nSPS) is 10.1. The van der Waals surface area contributed by atoms with Gasteiger partial charge in [0.25, 0.3) is 0 Å². The van der Waals surface area contributed by atoms with E-state index in [2.05, 4.69) is 5.32 Å². The SMILES string of the molecule is CCOc1ccccc1Nc1ccc(N)cc1C. The van der Waals surface area contributed by atoms with Gasteiger partial charge in [-0.2, -0.15) is 0 Å². The second kappa shape index (κ2) is 5.45. The maximum atomic E-state index is 5.75. The number of nitrogens with two attached hydrogens (primary N) is 1. The summed E-state index contributed by atoms with van der Waals surface area (Å²) in [5.74, 6) is 0.858. The molecule has 94 valence electrons. The van der Waals surface area contributed by atoms with Crippen molar-refractivity contribution in [2.75, 3.05) is 17.7 Å². The second-order valence-corrected chi connectivity index (χ2v) is 4.13. The molecule has 0 amide bonds. The first-order valence-corrected chi connectivity index (χ1v) is 6.05. The summed E-state index contributed by atoms with van der Waals surface area (Å²) in [6.45, 7) is 4.66. The van der Waals surface area contributed by atoms with Crippen molar-refractivity contribution in [2.45, 2.75) is 13.8 Å². The quantitative estimate of drug-likeness (QED) is 0.803. The molecular formula is C15H18N2O. The van der Waals surface area contributed by atoms with Crippen LogP contribution in [0.5, 0.6) is 5.75 Å². The largest absolute Gasteiger partial charge is 0.492 e. The fourth-order valence-corrected chi connectivity index (χ4v) is 1.82. The smallest absolute Gasteiger partial charge is 0.142 e. The zero-order chi connectivity index (χ0) is 13.0. The molecule has 0 spiro atoms. The van der Waals surface area contributed by atoms with Crippen molar-refractivity contribution in [3.05, 3.63) is 48.0 Å². The molecule has 0 atom stereocenters. The molecule has 0 aliphatic heterocycles. The highest BCUT2D eigenvalue weighted by Gasteiger charge is 2.04. The highest BCUT2D eigenvalue weighted by Crippen LogP contribution is 2.29. The number of nitrogen functional groups attached to an aromatic ring is 1. The molecule has 0 fully saturated rings. The van der Waals surface area contributed by atoms with Crippen molar-refractivity contribution in [1.29, 1.82) is 0 Å². The number of anilines is 3. The first-order chi connectivity index (χ1) is 8.70. The van der Waals surface area contributed by atoms with Crippen LogP contribution < -0.4 is 15.8 Å². The topological polar surface area (TPSA) is 47.3 Å². The Morgan fingerprint density at radius 3 is 2.61 bits per heavy atom. The summed E-state index contributed by atoms with van der Waals surface area (Å²) in [6.07, 6.45) is 0. The molecule has 2 aromatic carbocycles. The molecule has 0 aliphatic rings. The Hall–Kier alpha value is -2.16. The van der Waals surface area contributed by atoms with Crippen LogP contribution in [-0.2, 0) is 0 Å². The molecule has 0 saturated heterocycles. The van der Waals surface area contributed by atoms with E-state index in [9.17, 15) is 0 Å². The minimum atomic E-state index is 0.652. The summed E-state index contributed by atoms with van der Waals surface area (Å²) in [6, 6.07) is 13.7. The number of nitrogens with one attached hydrogen (secondary N) is 1. The minimum Gasteiger partial charge on any atom is -0.492 e. The van der Waals surface area contributed by atoms with Crippen LogP contribution in [0.3, 0.4) is 0 Å². The maximum absolute atomic E-state index is 5.75. The molecule has 0 aliphatic carbocycles. The molecule has 3 N–H and O–H groups in total. The Morgan fingerprint density at radius 1 is 1.11 bits per heavy atom. The van der Waals surface area contributed by atoms with Crippen LogP contribution in [0.15, 0.2) is 42.5 Å². The van der Waals surface area contributed by atoms with Crippen molar-refractivity contribution < 1.29 is 4.74 Å². The van der Waals surface area contributed by atoms with Gasteiger partial charge < -0.3 is 15.8 Å². The summed E-state index contributed by atoms with van der Waals surface area (Å²) in [7, 11) is 0. The number of ether oxygens (including phenoxy) is 1. The summed E-state index contributed by atoms with van der Waals surface area (Å²) >= 11 is 0. The predicted octanol–water partition coefficient (Wildman–Crippen LogP) is 3.72. The lowest BCUT2D eigenvalue weighted by atomic mass is 10.1. The van der Waals surface area contributed by atoms with E-state index in [4.69, 9.17) is 10.5 Å². The second-order valence-electron chi connectivity index (χ2n) is 4.13. The third-order valence-electron chi connectivity index (χ3n) is 2.71. The van der Waals surface area contributed by atoms with Crippen molar-refractivity contribution >= 4 is 17.1 Å². The zero-order valence-electron chi connectivity index (χ0n) is 10.7. The monoisotopic (exact) mass is 242 g/mol. The molecule has 0 bridgehead atoms. The number of benzene rings is 2. The third-order valence-corrected chi connectivity index (χ3v) is 2.71. The van der Waals surface area contributed by atoms with E-state index in [1.807, 2.05) is 56.3 Å². The van der Waals surface area contributed by atoms with Crippen molar-refractivity contribution in [3.8, 4) is 5.75 Å². The fraction of sp³-hybridized carbons (Fsp3) is 0.200. The average Bonchev–Trinajstić information content (AvgIpc) is 2.35. The summed E-state index contributed by atoms with van der Waals surface area (Å²) in [5, 5.41) is 3.37. The van der Waals surface area contributed by atoms with E-state index in [1.54, 1.807) is 0 Å². The Morgan fingerprint density at radius 2 is 1.89 bits per heavy atom. The van der Waals surface area contributed by atoms with Crippen molar-refractivity contribution in [3.63, 3.8) is 0 Å². The van der Waals surface area contributed by atoms with Crippen LogP contribution in [0.2, 0.25) is 0 Å². The fourth-order valence-electron chi connectivity index (χ4n) is 1.82. The Balaban J connectivity index is 2.28. The van der Waals surface area contributed by atoms with Crippen molar-refractivity contribution in [1.82, 2.24) is 0 Å². The van der Waals surface area contributed by atoms with Crippen LogP contribution in [0.1, 0.15) is 12.5 Å². The van der Waals surface area contributed by atoms with Gasteiger partial charge in [-0.25, -0.2) is 0 Å². The molecule has 0 saturated carbocycles. The first kappa shape index (κ1) is 12.3.